The second-order valence-electron chi connectivity index (χ2n) is 5.80. The van der Waals surface area contributed by atoms with Gasteiger partial charge in [0.25, 0.3) is 0 Å². The van der Waals surface area contributed by atoms with Gasteiger partial charge >= 0.3 is 0 Å². The Hall–Kier alpha value is -1.46. The normalized spacial score (nSPS) is 17.4. The third-order valence-corrected chi connectivity index (χ3v) is 4.11. The van der Waals surface area contributed by atoms with Gasteiger partial charge in [0.15, 0.2) is 0 Å². The number of methoxy groups -OCH3 is 1. The molecule has 108 valence electrons. The minimum atomic E-state index is 0.373. The maximum atomic E-state index is 5.17. The van der Waals surface area contributed by atoms with Gasteiger partial charge in [-0.2, -0.15) is 0 Å². The van der Waals surface area contributed by atoms with Crippen LogP contribution in [0.25, 0.3) is 0 Å². The van der Waals surface area contributed by atoms with Gasteiger partial charge in [0, 0.05) is 5.56 Å². The number of ether oxygens (including phenoxy) is 1. The molecule has 0 bridgehead atoms. The van der Waals surface area contributed by atoms with Gasteiger partial charge in [-0.25, -0.2) is 0 Å². The first kappa shape index (κ1) is 14.9. The first-order valence-corrected chi connectivity index (χ1v) is 7.52. The van der Waals surface area contributed by atoms with E-state index >= 15 is 0 Å². The van der Waals surface area contributed by atoms with Crippen molar-refractivity contribution in [3.63, 3.8) is 0 Å². The highest BCUT2D eigenvalue weighted by Crippen LogP contribution is 2.28. The number of rotatable bonds is 3. The highest BCUT2D eigenvalue weighted by Gasteiger charge is 2.23. The number of benzene rings is 1. The highest BCUT2D eigenvalue weighted by molar-refractivity contribution is 5.39. The lowest BCUT2D eigenvalue weighted by atomic mass is 9.83. The van der Waals surface area contributed by atoms with Gasteiger partial charge in [0.2, 0.25) is 0 Å². The van der Waals surface area contributed by atoms with Crippen molar-refractivity contribution in [2.24, 2.45) is 5.92 Å². The lowest BCUT2D eigenvalue weighted by Crippen LogP contribution is -2.35. The summed E-state index contributed by atoms with van der Waals surface area (Å²) in [7, 11) is 5.97. The molecule has 1 fully saturated rings. The number of hydrogen-bond acceptors (Lipinski definition) is 2. The first-order valence-electron chi connectivity index (χ1n) is 7.52. The van der Waals surface area contributed by atoms with Crippen LogP contribution in [0, 0.1) is 17.8 Å². The molecule has 0 aliphatic heterocycles. The molecule has 1 aliphatic rings. The molecule has 1 atom stereocenters. The van der Waals surface area contributed by atoms with Crippen molar-refractivity contribution in [3.05, 3.63) is 29.8 Å². The SMILES string of the molecule is COc1ccc(C#CC(C2CCCCC2)N(C)C)cc1. The summed E-state index contributed by atoms with van der Waals surface area (Å²) in [6.45, 7) is 0. The van der Waals surface area contributed by atoms with E-state index in [2.05, 4.69) is 30.8 Å². The molecule has 1 saturated carbocycles. The molecule has 0 heterocycles. The van der Waals surface area contributed by atoms with Crippen LogP contribution in [0.1, 0.15) is 37.7 Å². The lowest BCUT2D eigenvalue weighted by molar-refractivity contribution is 0.214. The molecule has 1 aromatic carbocycles. The van der Waals surface area contributed by atoms with Crippen molar-refractivity contribution in [1.29, 1.82) is 0 Å². The Labute approximate surface area is 123 Å². The molecule has 2 rings (SSSR count). The molecular formula is C18H25NO. The van der Waals surface area contributed by atoms with Crippen LogP contribution in [0.4, 0.5) is 0 Å². The Morgan fingerprint density at radius 2 is 1.75 bits per heavy atom. The molecule has 0 aromatic heterocycles. The second kappa shape index (κ2) is 7.36. The predicted molar refractivity (Wildman–Crippen MR) is 83.9 cm³/mol. The Balaban J connectivity index is 2.08. The van der Waals surface area contributed by atoms with Crippen molar-refractivity contribution >= 4 is 0 Å². The first-order chi connectivity index (χ1) is 9.70. The summed E-state index contributed by atoms with van der Waals surface area (Å²) in [6, 6.07) is 8.36. The molecule has 0 radical (unpaired) electrons. The van der Waals surface area contributed by atoms with Gasteiger partial charge in [-0.1, -0.05) is 31.1 Å². The van der Waals surface area contributed by atoms with E-state index in [9.17, 15) is 0 Å². The van der Waals surface area contributed by atoms with Crippen molar-refractivity contribution in [2.45, 2.75) is 38.1 Å². The Kier molecular flexibility index (Phi) is 5.49. The molecule has 2 nitrogen and oxygen atoms in total. The van der Waals surface area contributed by atoms with Crippen LogP contribution in [0.2, 0.25) is 0 Å². The van der Waals surface area contributed by atoms with Crippen LogP contribution in [-0.2, 0) is 0 Å². The molecule has 1 aliphatic carbocycles. The fourth-order valence-corrected chi connectivity index (χ4v) is 2.95. The minimum Gasteiger partial charge on any atom is -0.497 e. The summed E-state index contributed by atoms with van der Waals surface area (Å²) >= 11 is 0. The van der Waals surface area contributed by atoms with E-state index in [4.69, 9.17) is 4.74 Å². The maximum Gasteiger partial charge on any atom is 0.118 e. The van der Waals surface area contributed by atoms with Gasteiger partial charge in [0.05, 0.1) is 13.2 Å². The predicted octanol–water partition coefficient (Wildman–Crippen LogP) is 3.56. The second-order valence-corrected chi connectivity index (χ2v) is 5.80. The quantitative estimate of drug-likeness (QED) is 0.779. The van der Waals surface area contributed by atoms with Crippen molar-refractivity contribution in [1.82, 2.24) is 4.90 Å². The van der Waals surface area contributed by atoms with E-state index in [-0.39, 0.29) is 0 Å². The van der Waals surface area contributed by atoms with E-state index in [0.717, 1.165) is 17.2 Å². The fourth-order valence-electron chi connectivity index (χ4n) is 2.95. The van der Waals surface area contributed by atoms with Crippen LogP contribution < -0.4 is 4.74 Å². The zero-order valence-electron chi connectivity index (χ0n) is 12.9. The monoisotopic (exact) mass is 271 g/mol. The Morgan fingerprint density at radius 1 is 1.10 bits per heavy atom. The lowest BCUT2D eigenvalue weighted by Gasteiger charge is -2.31. The molecule has 0 N–H and O–H groups in total. The summed E-state index contributed by atoms with van der Waals surface area (Å²) in [6.07, 6.45) is 6.75. The van der Waals surface area contributed by atoms with Gasteiger partial charge in [0.1, 0.15) is 5.75 Å². The summed E-state index contributed by atoms with van der Waals surface area (Å²) in [5.41, 5.74) is 1.06. The van der Waals surface area contributed by atoms with Crippen molar-refractivity contribution in [2.75, 3.05) is 21.2 Å². The molecule has 2 heteroatoms. The average Bonchev–Trinajstić information content (AvgIpc) is 2.49. The van der Waals surface area contributed by atoms with Crippen LogP contribution in [-0.4, -0.2) is 32.1 Å². The molecule has 1 aromatic rings. The summed E-state index contributed by atoms with van der Waals surface area (Å²) in [5.74, 6) is 8.41. The largest absolute Gasteiger partial charge is 0.497 e. The van der Waals surface area contributed by atoms with Gasteiger partial charge in [-0.3, -0.25) is 4.90 Å². The zero-order chi connectivity index (χ0) is 14.4. The van der Waals surface area contributed by atoms with Crippen LogP contribution in [0.3, 0.4) is 0 Å². The summed E-state index contributed by atoms with van der Waals surface area (Å²) in [4.78, 5) is 2.27. The van der Waals surface area contributed by atoms with Gasteiger partial charge < -0.3 is 4.74 Å². The highest BCUT2D eigenvalue weighted by atomic mass is 16.5. The molecule has 0 spiro atoms. The minimum absolute atomic E-state index is 0.373. The van der Waals surface area contributed by atoms with Crippen LogP contribution in [0.15, 0.2) is 24.3 Å². The molecule has 20 heavy (non-hydrogen) atoms. The van der Waals surface area contributed by atoms with Gasteiger partial charge in [-0.05, 0) is 57.1 Å². The van der Waals surface area contributed by atoms with E-state index in [0.29, 0.717) is 6.04 Å². The molecular weight excluding hydrogens is 246 g/mol. The Bertz CT molecular complexity index is 460. The van der Waals surface area contributed by atoms with Crippen molar-refractivity contribution in [3.8, 4) is 17.6 Å². The maximum absolute atomic E-state index is 5.17. The van der Waals surface area contributed by atoms with E-state index in [1.54, 1.807) is 7.11 Å². The van der Waals surface area contributed by atoms with Crippen molar-refractivity contribution < 1.29 is 4.74 Å². The topological polar surface area (TPSA) is 12.5 Å². The number of nitrogens with zero attached hydrogens (tertiary/aromatic N) is 1. The fraction of sp³-hybridized carbons (Fsp3) is 0.556. The van der Waals surface area contributed by atoms with E-state index in [1.165, 1.54) is 32.1 Å². The standard InChI is InChI=1S/C18H25NO/c1-19(2)18(16-7-5-4-6-8-16)14-11-15-9-12-17(20-3)13-10-15/h9-10,12-13,16,18H,4-8H2,1-3H3. The summed E-state index contributed by atoms with van der Waals surface area (Å²) in [5, 5.41) is 0. The zero-order valence-corrected chi connectivity index (χ0v) is 12.9. The molecule has 0 amide bonds. The van der Waals surface area contributed by atoms with E-state index in [1.807, 2.05) is 24.3 Å². The van der Waals surface area contributed by atoms with Gasteiger partial charge in [-0.15, -0.1) is 0 Å². The smallest absolute Gasteiger partial charge is 0.118 e. The average molecular weight is 271 g/mol. The van der Waals surface area contributed by atoms with Crippen LogP contribution in [0.5, 0.6) is 5.75 Å². The Morgan fingerprint density at radius 3 is 2.30 bits per heavy atom. The van der Waals surface area contributed by atoms with E-state index < -0.39 is 0 Å². The number of hydrogen-bond donors (Lipinski definition) is 0. The molecule has 1 unspecified atom stereocenters. The van der Waals surface area contributed by atoms with Crippen LogP contribution >= 0.6 is 0 Å². The summed E-state index contributed by atoms with van der Waals surface area (Å²) < 4.78 is 5.17. The third kappa shape index (κ3) is 4.02. The third-order valence-electron chi connectivity index (χ3n) is 4.11. The molecule has 0 saturated heterocycles.